The van der Waals surface area contributed by atoms with Crippen LogP contribution in [0.5, 0.6) is 0 Å². The molecule has 20 heavy (non-hydrogen) atoms. The number of carbonyl (C=O) groups excluding carboxylic acids is 1. The molecule has 0 aromatic heterocycles. The Morgan fingerprint density at radius 3 is 2.55 bits per heavy atom. The quantitative estimate of drug-likeness (QED) is 0.888. The number of nitrogens with zero attached hydrogens (tertiary/aromatic N) is 2. The summed E-state index contributed by atoms with van der Waals surface area (Å²) in [6, 6.07) is 8.71. The van der Waals surface area contributed by atoms with E-state index >= 15 is 0 Å². The number of piperazine rings is 1. The molecule has 2 aliphatic heterocycles. The van der Waals surface area contributed by atoms with Crippen LogP contribution >= 0.6 is 0 Å². The highest BCUT2D eigenvalue weighted by Gasteiger charge is 2.30. The molecule has 108 valence electrons. The van der Waals surface area contributed by atoms with Crippen molar-refractivity contribution in [2.75, 3.05) is 38.1 Å². The van der Waals surface area contributed by atoms with Crippen LogP contribution in [0.1, 0.15) is 25.3 Å². The molecule has 3 rings (SSSR count). The van der Waals surface area contributed by atoms with E-state index in [1.165, 1.54) is 18.4 Å². The van der Waals surface area contributed by atoms with Gasteiger partial charge in [-0.25, -0.2) is 0 Å². The Bertz CT molecular complexity index is 491. The van der Waals surface area contributed by atoms with Gasteiger partial charge in [-0.05, 0) is 44.0 Å². The molecule has 2 aliphatic rings. The minimum absolute atomic E-state index is 0.121. The summed E-state index contributed by atoms with van der Waals surface area (Å²) in [4.78, 5) is 15.7. The summed E-state index contributed by atoms with van der Waals surface area (Å²) < 4.78 is 0. The van der Waals surface area contributed by atoms with Gasteiger partial charge in [-0.2, -0.15) is 0 Å². The molecule has 0 radical (unpaired) electrons. The van der Waals surface area contributed by atoms with E-state index in [0.717, 1.165) is 25.3 Å². The van der Waals surface area contributed by atoms with E-state index in [-0.39, 0.29) is 11.4 Å². The molecule has 1 atom stereocenters. The summed E-state index contributed by atoms with van der Waals surface area (Å²) in [6.45, 7) is 5.59. The molecule has 0 saturated carbocycles. The average molecular weight is 273 g/mol. The predicted octanol–water partition coefficient (Wildman–Crippen LogP) is 1.56. The number of nitrogens with one attached hydrogen (secondary N) is 1. The van der Waals surface area contributed by atoms with Gasteiger partial charge in [0.2, 0.25) is 5.91 Å². The van der Waals surface area contributed by atoms with E-state index in [2.05, 4.69) is 41.4 Å². The van der Waals surface area contributed by atoms with Crippen LogP contribution in [0.3, 0.4) is 0 Å². The van der Waals surface area contributed by atoms with E-state index in [1.54, 1.807) is 4.90 Å². The topological polar surface area (TPSA) is 35.6 Å². The largest absolute Gasteiger partial charge is 0.360 e. The van der Waals surface area contributed by atoms with Gasteiger partial charge in [-0.1, -0.05) is 12.1 Å². The lowest BCUT2D eigenvalue weighted by Gasteiger charge is -2.34. The first-order chi connectivity index (χ1) is 9.58. The molecule has 2 heterocycles. The van der Waals surface area contributed by atoms with Gasteiger partial charge >= 0.3 is 0 Å². The fourth-order valence-corrected chi connectivity index (χ4v) is 3.16. The van der Waals surface area contributed by atoms with Crippen LogP contribution in [-0.2, 0) is 10.3 Å². The van der Waals surface area contributed by atoms with Crippen LogP contribution in [0, 0.1) is 0 Å². The fraction of sp³-hybridized carbons (Fsp3) is 0.562. The second-order valence-corrected chi connectivity index (χ2v) is 6.15. The number of carbonyl (C=O) groups is 1. The summed E-state index contributed by atoms with van der Waals surface area (Å²) >= 11 is 0. The molecule has 0 aliphatic carbocycles. The third-order valence-electron chi connectivity index (χ3n) is 4.70. The monoisotopic (exact) mass is 273 g/mol. The van der Waals surface area contributed by atoms with Gasteiger partial charge in [-0.3, -0.25) is 4.79 Å². The number of anilines is 1. The van der Waals surface area contributed by atoms with Gasteiger partial charge in [0, 0.05) is 31.4 Å². The number of likely N-dealkylation sites (N-methyl/N-ethyl adjacent to an activating group) is 1. The van der Waals surface area contributed by atoms with Crippen LogP contribution in [0.15, 0.2) is 24.3 Å². The molecule has 2 fully saturated rings. The van der Waals surface area contributed by atoms with Crippen LogP contribution in [0.25, 0.3) is 0 Å². The summed E-state index contributed by atoms with van der Waals surface area (Å²) in [6.07, 6.45) is 2.44. The molecular formula is C16H23N3O. The molecule has 1 amide bonds. The lowest BCUT2D eigenvalue weighted by atomic mass is 9.90. The normalized spacial score (nSPS) is 27.2. The van der Waals surface area contributed by atoms with Crippen LogP contribution < -0.4 is 10.2 Å². The first-order valence-electron chi connectivity index (χ1n) is 7.43. The molecule has 4 heteroatoms. The third-order valence-corrected chi connectivity index (χ3v) is 4.70. The minimum atomic E-state index is 0.121. The van der Waals surface area contributed by atoms with Crippen molar-refractivity contribution in [1.29, 1.82) is 0 Å². The summed E-state index contributed by atoms with van der Waals surface area (Å²) in [5, 5.41) is 3.59. The number of hydrogen-bond donors (Lipinski definition) is 1. The minimum Gasteiger partial charge on any atom is -0.360 e. The first-order valence-corrected chi connectivity index (χ1v) is 7.43. The third kappa shape index (κ3) is 2.40. The van der Waals surface area contributed by atoms with Crippen LogP contribution in [0.2, 0.25) is 0 Å². The van der Waals surface area contributed by atoms with Crippen molar-refractivity contribution >= 4 is 11.6 Å². The fourth-order valence-electron chi connectivity index (χ4n) is 3.16. The SMILES string of the molecule is CN1CCN(c2ccc(C3(C)CCCN3)cc2)CC1=O. The number of hydrogen-bond acceptors (Lipinski definition) is 3. The van der Waals surface area contributed by atoms with E-state index in [4.69, 9.17) is 0 Å². The van der Waals surface area contributed by atoms with Crippen molar-refractivity contribution in [2.45, 2.75) is 25.3 Å². The van der Waals surface area contributed by atoms with Gasteiger partial charge in [0.15, 0.2) is 0 Å². The second-order valence-electron chi connectivity index (χ2n) is 6.15. The van der Waals surface area contributed by atoms with Crippen molar-refractivity contribution < 1.29 is 4.79 Å². The number of amides is 1. The van der Waals surface area contributed by atoms with Crippen molar-refractivity contribution in [2.24, 2.45) is 0 Å². The molecule has 1 unspecified atom stereocenters. The molecule has 1 aromatic rings. The Balaban J connectivity index is 1.75. The Labute approximate surface area is 120 Å². The molecule has 0 spiro atoms. The van der Waals surface area contributed by atoms with E-state index in [1.807, 2.05) is 7.05 Å². The molecule has 1 aromatic carbocycles. The Hall–Kier alpha value is -1.55. The summed E-state index contributed by atoms with van der Waals surface area (Å²) in [5.41, 5.74) is 2.62. The predicted molar refractivity (Wildman–Crippen MR) is 80.9 cm³/mol. The summed E-state index contributed by atoms with van der Waals surface area (Å²) in [7, 11) is 1.87. The lowest BCUT2D eigenvalue weighted by molar-refractivity contribution is -0.129. The maximum absolute atomic E-state index is 11.8. The van der Waals surface area contributed by atoms with E-state index < -0.39 is 0 Å². The molecule has 0 bridgehead atoms. The van der Waals surface area contributed by atoms with Gasteiger partial charge in [0.1, 0.15) is 0 Å². The van der Waals surface area contributed by atoms with Gasteiger partial charge in [-0.15, -0.1) is 0 Å². The smallest absolute Gasteiger partial charge is 0.241 e. The zero-order valence-electron chi connectivity index (χ0n) is 12.4. The maximum Gasteiger partial charge on any atom is 0.241 e. The highest BCUT2D eigenvalue weighted by molar-refractivity contribution is 5.82. The summed E-state index contributed by atoms with van der Waals surface area (Å²) in [5.74, 6) is 0.199. The van der Waals surface area contributed by atoms with Crippen molar-refractivity contribution in [3.8, 4) is 0 Å². The maximum atomic E-state index is 11.8. The van der Waals surface area contributed by atoms with Crippen molar-refractivity contribution in [3.63, 3.8) is 0 Å². The molecule has 1 N–H and O–H groups in total. The van der Waals surface area contributed by atoms with Gasteiger partial charge in [0.25, 0.3) is 0 Å². The highest BCUT2D eigenvalue weighted by Crippen LogP contribution is 2.31. The van der Waals surface area contributed by atoms with Crippen molar-refractivity contribution in [1.82, 2.24) is 10.2 Å². The molecule has 2 saturated heterocycles. The zero-order chi connectivity index (χ0) is 14.2. The Kier molecular flexibility index (Phi) is 3.42. The second kappa shape index (κ2) is 5.09. The Morgan fingerprint density at radius 1 is 1.20 bits per heavy atom. The standard InChI is InChI=1S/C16H23N3O/c1-16(8-3-9-17-16)13-4-6-14(7-5-13)19-11-10-18(2)15(20)12-19/h4-7,17H,3,8-12H2,1-2H3. The van der Waals surface area contributed by atoms with E-state index in [0.29, 0.717) is 6.54 Å². The molecule has 4 nitrogen and oxygen atoms in total. The lowest BCUT2D eigenvalue weighted by Crippen LogP contribution is -2.48. The van der Waals surface area contributed by atoms with Gasteiger partial charge < -0.3 is 15.1 Å². The Morgan fingerprint density at radius 2 is 1.95 bits per heavy atom. The van der Waals surface area contributed by atoms with Crippen molar-refractivity contribution in [3.05, 3.63) is 29.8 Å². The number of benzene rings is 1. The molecular weight excluding hydrogens is 250 g/mol. The first kappa shape index (κ1) is 13.4. The van der Waals surface area contributed by atoms with Crippen LogP contribution in [0.4, 0.5) is 5.69 Å². The van der Waals surface area contributed by atoms with E-state index in [9.17, 15) is 4.79 Å². The zero-order valence-corrected chi connectivity index (χ0v) is 12.4. The highest BCUT2D eigenvalue weighted by atomic mass is 16.2. The average Bonchev–Trinajstić information content (AvgIpc) is 2.90. The van der Waals surface area contributed by atoms with Gasteiger partial charge in [0.05, 0.1) is 6.54 Å². The van der Waals surface area contributed by atoms with Crippen LogP contribution in [-0.4, -0.2) is 44.0 Å². The number of rotatable bonds is 2.